The summed E-state index contributed by atoms with van der Waals surface area (Å²) in [5, 5.41) is -0.941. The summed E-state index contributed by atoms with van der Waals surface area (Å²) in [5.74, 6) is -19.0. The molecule has 0 unspecified atom stereocenters. The lowest BCUT2D eigenvalue weighted by Crippen LogP contribution is -2.63. The van der Waals surface area contributed by atoms with E-state index in [9.17, 15) is 39.5 Å². The Bertz CT molecular complexity index is 271. The first kappa shape index (κ1) is 17.3. The monoisotopic (exact) mass is 404 g/mol. The summed E-state index contributed by atoms with van der Waals surface area (Å²) < 4.78 is 110. The van der Waals surface area contributed by atoms with Crippen molar-refractivity contribution in [1.29, 1.82) is 0 Å². The van der Waals surface area contributed by atoms with Crippen molar-refractivity contribution in [3.63, 3.8) is 0 Å². The molecule has 0 heterocycles. The van der Waals surface area contributed by atoms with Crippen molar-refractivity contribution in [2.45, 2.75) is 28.8 Å². The van der Waals surface area contributed by atoms with Gasteiger partial charge in [-0.2, -0.15) is 39.5 Å². The van der Waals surface area contributed by atoms with Crippen molar-refractivity contribution >= 4 is 31.9 Å². The summed E-state index contributed by atoms with van der Waals surface area (Å²) in [6.07, 6.45) is -6.78. The number of rotatable bonds is 4. The Morgan fingerprint density at radius 2 is 1.12 bits per heavy atom. The molecule has 0 saturated heterocycles. The van der Waals surface area contributed by atoms with E-state index in [2.05, 4.69) is 15.9 Å². The molecule has 0 aromatic heterocycles. The molecule has 17 heavy (non-hydrogen) atoms. The maximum absolute atomic E-state index is 12.8. The summed E-state index contributed by atoms with van der Waals surface area (Å²) in [5.41, 5.74) is 0. The Kier molecular flexibility index (Phi) is 4.87. The van der Waals surface area contributed by atoms with Gasteiger partial charge in [0.1, 0.15) is 0 Å². The third-order valence-electron chi connectivity index (χ3n) is 1.70. The van der Waals surface area contributed by atoms with Crippen molar-refractivity contribution in [3.05, 3.63) is 0 Å². The van der Waals surface area contributed by atoms with Crippen LogP contribution >= 0.6 is 31.9 Å². The first-order valence-corrected chi connectivity index (χ1v) is 5.67. The lowest BCUT2D eigenvalue weighted by Gasteiger charge is -2.35. The fourth-order valence-electron chi connectivity index (χ4n) is 0.681. The van der Waals surface area contributed by atoms with Gasteiger partial charge in [0.05, 0.1) is 4.83 Å². The molecule has 0 aliphatic heterocycles. The van der Waals surface area contributed by atoms with E-state index < -0.39 is 34.1 Å². The van der Waals surface area contributed by atoms with Gasteiger partial charge in [0.25, 0.3) is 0 Å². The zero-order valence-electron chi connectivity index (χ0n) is 7.44. The van der Waals surface area contributed by atoms with E-state index in [0.29, 0.717) is 0 Å². The van der Waals surface area contributed by atoms with Gasteiger partial charge in [-0.15, -0.1) is 0 Å². The third kappa shape index (κ3) is 2.69. The van der Waals surface area contributed by atoms with Crippen LogP contribution in [0.25, 0.3) is 0 Å². The first-order valence-electron chi connectivity index (χ1n) is 3.63. The first-order chi connectivity index (χ1) is 7.23. The van der Waals surface area contributed by atoms with E-state index in [0.717, 1.165) is 0 Å². The highest BCUT2D eigenvalue weighted by atomic mass is 79.9. The van der Waals surface area contributed by atoms with Gasteiger partial charge in [-0.3, -0.25) is 0 Å². The maximum atomic E-state index is 12.8. The zero-order chi connectivity index (χ0) is 14.3. The molecular weight excluding hydrogens is 403 g/mol. The third-order valence-corrected chi connectivity index (χ3v) is 4.11. The summed E-state index contributed by atoms with van der Waals surface area (Å²) >= 11 is 4.19. The molecule has 0 aliphatic rings. The van der Waals surface area contributed by atoms with Crippen molar-refractivity contribution in [2.75, 3.05) is 5.33 Å². The molecule has 0 aromatic carbocycles. The second-order valence-corrected chi connectivity index (χ2v) is 4.64. The van der Waals surface area contributed by atoms with Crippen LogP contribution in [0.15, 0.2) is 0 Å². The number of hydrogen-bond donors (Lipinski definition) is 0. The molecule has 0 fully saturated rings. The maximum Gasteiger partial charge on any atom is 0.460 e. The predicted molar refractivity (Wildman–Crippen MR) is 47.4 cm³/mol. The van der Waals surface area contributed by atoms with Gasteiger partial charge in [0.15, 0.2) is 0 Å². The van der Waals surface area contributed by atoms with Crippen molar-refractivity contribution in [3.8, 4) is 0 Å². The Hall–Kier alpha value is 0.330. The van der Waals surface area contributed by atoms with Gasteiger partial charge in [-0.1, -0.05) is 31.9 Å². The minimum Gasteiger partial charge on any atom is -0.198 e. The van der Waals surface area contributed by atoms with Crippen LogP contribution in [-0.4, -0.2) is 34.1 Å². The van der Waals surface area contributed by atoms with E-state index in [1.54, 1.807) is 0 Å². The van der Waals surface area contributed by atoms with E-state index in [4.69, 9.17) is 0 Å². The van der Waals surface area contributed by atoms with Gasteiger partial charge < -0.3 is 0 Å². The van der Waals surface area contributed by atoms with Gasteiger partial charge in [0, 0.05) is 5.33 Å². The SMILES string of the molecule is FC(F)(F)C(F)(F)C(F)(F)C(F)(F)[C@@H](Br)CBr. The molecule has 11 heteroatoms. The molecule has 104 valence electrons. The Morgan fingerprint density at radius 3 is 1.35 bits per heavy atom. The summed E-state index contributed by atoms with van der Waals surface area (Å²) in [4.78, 5) is -2.58. The molecule has 1 atom stereocenters. The molecule has 0 radical (unpaired) electrons. The molecule has 0 nitrogen and oxygen atoms in total. The highest BCUT2D eigenvalue weighted by Gasteiger charge is 2.82. The second-order valence-electron chi connectivity index (χ2n) is 2.89. The van der Waals surface area contributed by atoms with Gasteiger partial charge >= 0.3 is 23.9 Å². The largest absolute Gasteiger partial charge is 0.460 e. The molecule has 0 N–H and O–H groups in total. The molecule has 0 saturated carbocycles. The van der Waals surface area contributed by atoms with Crippen LogP contribution in [0.2, 0.25) is 0 Å². The molecule has 0 aromatic rings. The highest BCUT2D eigenvalue weighted by Crippen LogP contribution is 2.55. The van der Waals surface area contributed by atoms with Crippen molar-refractivity contribution < 1.29 is 39.5 Å². The van der Waals surface area contributed by atoms with E-state index in [1.165, 1.54) is 0 Å². The molecule has 0 bridgehead atoms. The molecule has 0 amide bonds. The smallest absolute Gasteiger partial charge is 0.198 e. The van der Waals surface area contributed by atoms with Gasteiger partial charge in [0.2, 0.25) is 0 Å². The highest BCUT2D eigenvalue weighted by molar-refractivity contribution is 9.12. The standard InChI is InChI=1S/C6H3Br2F9/c7-1-2(8)3(9,10)4(11,12)5(13,14)6(15,16)17/h2H,1H2/t2-/m0/s1. The summed E-state index contributed by atoms with van der Waals surface area (Å²) in [6, 6.07) is 0. The number of hydrogen-bond acceptors (Lipinski definition) is 0. The van der Waals surface area contributed by atoms with Crippen LogP contribution in [-0.2, 0) is 0 Å². The van der Waals surface area contributed by atoms with Crippen LogP contribution < -0.4 is 0 Å². The van der Waals surface area contributed by atoms with Crippen molar-refractivity contribution in [2.24, 2.45) is 0 Å². The van der Waals surface area contributed by atoms with E-state index in [-0.39, 0.29) is 0 Å². The number of alkyl halides is 11. The quantitative estimate of drug-likeness (QED) is 0.473. The molecule has 0 aliphatic carbocycles. The minimum absolute atomic E-state index is 0.941. The normalized spacial score (nSPS) is 17.1. The average molecular weight is 406 g/mol. The van der Waals surface area contributed by atoms with Crippen LogP contribution in [0.1, 0.15) is 0 Å². The van der Waals surface area contributed by atoms with Crippen LogP contribution in [0.5, 0.6) is 0 Å². The number of halogens is 11. The lowest BCUT2D eigenvalue weighted by atomic mass is 10.0. The lowest BCUT2D eigenvalue weighted by molar-refractivity contribution is -0.394. The minimum atomic E-state index is -6.84. The fourth-order valence-corrected chi connectivity index (χ4v) is 1.38. The zero-order valence-corrected chi connectivity index (χ0v) is 10.6. The Labute approximate surface area is 106 Å². The van der Waals surface area contributed by atoms with E-state index in [1.807, 2.05) is 15.9 Å². The predicted octanol–water partition coefficient (Wildman–Crippen LogP) is 4.61. The molecular formula is C6H3Br2F9. The van der Waals surface area contributed by atoms with Crippen LogP contribution in [0, 0.1) is 0 Å². The molecule has 0 rings (SSSR count). The van der Waals surface area contributed by atoms with Gasteiger partial charge in [-0.05, 0) is 0 Å². The Morgan fingerprint density at radius 1 is 0.765 bits per heavy atom. The van der Waals surface area contributed by atoms with Crippen LogP contribution in [0.4, 0.5) is 39.5 Å². The second kappa shape index (κ2) is 4.78. The topological polar surface area (TPSA) is 0 Å². The van der Waals surface area contributed by atoms with Crippen molar-refractivity contribution in [1.82, 2.24) is 0 Å². The fraction of sp³-hybridized carbons (Fsp3) is 1.00. The molecule has 0 spiro atoms. The van der Waals surface area contributed by atoms with E-state index >= 15 is 0 Å². The van der Waals surface area contributed by atoms with Gasteiger partial charge in [-0.25, -0.2) is 0 Å². The van der Waals surface area contributed by atoms with Crippen LogP contribution in [0.3, 0.4) is 0 Å². The summed E-state index contributed by atoms with van der Waals surface area (Å²) in [7, 11) is 0. The average Bonchev–Trinajstić information content (AvgIpc) is 2.13. The summed E-state index contributed by atoms with van der Waals surface area (Å²) in [6.45, 7) is 0. The Balaban J connectivity index is 5.55.